The molecule has 1 aliphatic heterocycles. The van der Waals surface area contributed by atoms with E-state index in [9.17, 15) is 5.11 Å². The third-order valence-corrected chi connectivity index (χ3v) is 5.59. The number of phenolic OH excluding ortho intramolecular Hbond substituents is 1. The van der Waals surface area contributed by atoms with E-state index in [2.05, 4.69) is 0 Å². The Morgan fingerprint density at radius 2 is 1.23 bits per heavy atom. The molecule has 0 aromatic heterocycles. The van der Waals surface area contributed by atoms with Gasteiger partial charge in [-0.1, -0.05) is 0 Å². The van der Waals surface area contributed by atoms with Crippen molar-refractivity contribution >= 4 is 0 Å². The molecule has 2 aromatic rings. The van der Waals surface area contributed by atoms with Gasteiger partial charge in [0, 0.05) is 6.07 Å². The van der Waals surface area contributed by atoms with Crippen LogP contribution in [0.15, 0.2) is 30.3 Å². The van der Waals surface area contributed by atoms with Crippen molar-refractivity contribution in [3.8, 4) is 28.7 Å². The summed E-state index contributed by atoms with van der Waals surface area (Å²) in [5.41, 5.74) is 2.01. The van der Waals surface area contributed by atoms with Crippen LogP contribution in [-0.2, 0) is 36.5 Å². The molecule has 3 rings (SSSR count). The summed E-state index contributed by atoms with van der Waals surface area (Å²) in [7, 11) is 1.60. The predicted molar refractivity (Wildman–Crippen MR) is 141 cm³/mol. The predicted octanol–water partition coefficient (Wildman–Crippen LogP) is 2.37. The topological polar surface area (TPSA) is 124 Å². The lowest BCUT2D eigenvalue weighted by Crippen LogP contribution is -2.14. The number of hydrogen-bond donors (Lipinski definition) is 2. The summed E-state index contributed by atoms with van der Waals surface area (Å²) in [4.78, 5) is 0. The molecule has 39 heavy (non-hydrogen) atoms. The minimum Gasteiger partial charge on any atom is -0.508 e. The Balaban J connectivity index is 1.21. The van der Waals surface area contributed by atoms with Gasteiger partial charge in [-0.25, -0.2) is 0 Å². The van der Waals surface area contributed by atoms with Gasteiger partial charge in [0.25, 0.3) is 0 Å². The summed E-state index contributed by atoms with van der Waals surface area (Å²) >= 11 is 0. The van der Waals surface area contributed by atoms with Crippen LogP contribution in [0, 0.1) is 0 Å². The van der Waals surface area contributed by atoms with Crippen molar-refractivity contribution in [1.82, 2.24) is 0 Å². The van der Waals surface area contributed by atoms with E-state index in [1.54, 1.807) is 19.2 Å². The van der Waals surface area contributed by atoms with E-state index in [0.29, 0.717) is 102 Å². The zero-order chi connectivity index (χ0) is 27.5. The minimum absolute atomic E-state index is 0.0182. The zero-order valence-corrected chi connectivity index (χ0v) is 22.6. The number of phenols is 1. The highest BCUT2D eigenvalue weighted by Crippen LogP contribution is 2.42. The highest BCUT2D eigenvalue weighted by Gasteiger charge is 2.20. The number of benzene rings is 2. The molecule has 0 spiro atoms. The number of aryl methyl sites for hydroxylation is 2. The third-order valence-electron chi connectivity index (χ3n) is 5.59. The molecular formula is C28H40O11. The lowest BCUT2D eigenvalue weighted by atomic mass is 10.0. The molecule has 0 saturated carbocycles. The van der Waals surface area contributed by atoms with Crippen LogP contribution in [0.5, 0.6) is 28.7 Å². The first-order valence-corrected chi connectivity index (χ1v) is 13.1. The molecule has 0 bridgehead atoms. The average molecular weight is 553 g/mol. The maximum atomic E-state index is 10.1. The first-order valence-electron chi connectivity index (χ1n) is 13.1. The second-order valence-electron chi connectivity index (χ2n) is 8.50. The minimum atomic E-state index is 0.0182. The molecule has 2 aromatic carbocycles. The number of aromatic hydroxyl groups is 1. The molecule has 0 amide bonds. The fraction of sp³-hybridized carbons (Fsp3) is 0.571. The summed E-state index contributed by atoms with van der Waals surface area (Å²) in [5.74, 6) is 2.71. The number of ether oxygens (including phenoxy) is 9. The maximum Gasteiger partial charge on any atom is 0.231 e. The molecule has 0 unspecified atom stereocenters. The standard InChI is InChI=1S/C28H40O11/c1-31-26-18-23(19-27-28(26)39-21-38-27)3-2-22-16-24(30)20-25(17-22)37-15-14-36-13-12-35-11-10-34-9-8-33-7-6-32-5-4-29/h16-20,29-30H,2-15,21H2,1H3. The van der Waals surface area contributed by atoms with E-state index >= 15 is 0 Å². The van der Waals surface area contributed by atoms with E-state index in [1.165, 1.54) is 0 Å². The smallest absolute Gasteiger partial charge is 0.231 e. The molecule has 0 aliphatic carbocycles. The van der Waals surface area contributed by atoms with Crippen molar-refractivity contribution in [2.75, 3.05) is 93.2 Å². The fourth-order valence-corrected chi connectivity index (χ4v) is 3.75. The van der Waals surface area contributed by atoms with Crippen LogP contribution < -0.4 is 18.9 Å². The Labute approximate surface area is 229 Å². The lowest BCUT2D eigenvalue weighted by Gasteiger charge is -2.11. The van der Waals surface area contributed by atoms with Crippen molar-refractivity contribution in [1.29, 1.82) is 0 Å². The van der Waals surface area contributed by atoms with Crippen LogP contribution in [0.25, 0.3) is 0 Å². The second-order valence-corrected chi connectivity index (χ2v) is 8.50. The fourth-order valence-electron chi connectivity index (χ4n) is 3.75. The normalized spacial score (nSPS) is 12.2. The first kappa shape index (κ1) is 30.7. The number of fused-ring (bicyclic) bond motifs is 1. The highest BCUT2D eigenvalue weighted by molar-refractivity contribution is 5.55. The molecule has 11 heteroatoms. The molecule has 1 heterocycles. The largest absolute Gasteiger partial charge is 0.508 e. The van der Waals surface area contributed by atoms with Crippen molar-refractivity contribution in [3.63, 3.8) is 0 Å². The van der Waals surface area contributed by atoms with Gasteiger partial charge in [-0.3, -0.25) is 0 Å². The maximum absolute atomic E-state index is 10.1. The summed E-state index contributed by atoms with van der Waals surface area (Å²) < 4.78 is 49.0. The molecule has 218 valence electrons. The summed E-state index contributed by atoms with van der Waals surface area (Å²) in [6.07, 6.45) is 1.44. The molecule has 2 N–H and O–H groups in total. The van der Waals surface area contributed by atoms with Crippen LogP contribution in [0.2, 0.25) is 0 Å². The molecular weight excluding hydrogens is 512 g/mol. The van der Waals surface area contributed by atoms with Crippen molar-refractivity contribution in [2.24, 2.45) is 0 Å². The van der Waals surface area contributed by atoms with Crippen molar-refractivity contribution in [2.45, 2.75) is 12.8 Å². The summed E-state index contributed by atoms with van der Waals surface area (Å²) in [6.45, 7) is 5.08. The summed E-state index contributed by atoms with van der Waals surface area (Å²) in [6, 6.07) is 9.14. The molecule has 0 atom stereocenters. The van der Waals surface area contributed by atoms with E-state index in [1.807, 2.05) is 18.2 Å². The monoisotopic (exact) mass is 552 g/mol. The molecule has 11 nitrogen and oxygen atoms in total. The molecule has 0 radical (unpaired) electrons. The SMILES string of the molecule is COc1cc(CCc2cc(O)cc(OCCOCCOCCOCCOCCOCCO)c2)cc2c1OCO2. The van der Waals surface area contributed by atoms with E-state index < -0.39 is 0 Å². The van der Waals surface area contributed by atoms with E-state index in [-0.39, 0.29) is 19.1 Å². The van der Waals surface area contributed by atoms with Gasteiger partial charge in [0.05, 0.1) is 79.8 Å². The van der Waals surface area contributed by atoms with Gasteiger partial charge >= 0.3 is 0 Å². The van der Waals surface area contributed by atoms with E-state index in [0.717, 1.165) is 17.5 Å². The van der Waals surface area contributed by atoms with Crippen LogP contribution >= 0.6 is 0 Å². The molecule has 0 fully saturated rings. The second kappa shape index (κ2) is 18.5. The van der Waals surface area contributed by atoms with Gasteiger partial charge in [-0.05, 0) is 48.2 Å². The van der Waals surface area contributed by atoms with Crippen LogP contribution in [0.1, 0.15) is 11.1 Å². The Hall–Kier alpha value is -2.80. The molecule has 0 saturated heterocycles. The zero-order valence-electron chi connectivity index (χ0n) is 22.6. The Morgan fingerprint density at radius 3 is 1.82 bits per heavy atom. The summed E-state index contributed by atoms with van der Waals surface area (Å²) in [5, 5.41) is 18.7. The Kier molecular flexibility index (Phi) is 14.6. The number of hydrogen-bond acceptors (Lipinski definition) is 11. The van der Waals surface area contributed by atoms with Gasteiger partial charge in [-0.2, -0.15) is 0 Å². The quantitative estimate of drug-likeness (QED) is 0.209. The Bertz CT molecular complexity index is 953. The molecule has 1 aliphatic rings. The Morgan fingerprint density at radius 1 is 0.667 bits per heavy atom. The number of rotatable bonds is 22. The van der Waals surface area contributed by atoms with E-state index in [4.69, 9.17) is 47.7 Å². The first-order chi connectivity index (χ1) is 19.2. The van der Waals surface area contributed by atoms with Gasteiger partial charge in [-0.15, -0.1) is 0 Å². The third kappa shape index (κ3) is 11.9. The van der Waals surface area contributed by atoms with Crippen molar-refractivity contribution < 1.29 is 52.8 Å². The van der Waals surface area contributed by atoms with Gasteiger partial charge in [0.15, 0.2) is 11.5 Å². The number of methoxy groups -OCH3 is 1. The lowest BCUT2D eigenvalue weighted by molar-refractivity contribution is -0.0146. The van der Waals surface area contributed by atoms with Crippen LogP contribution in [0.4, 0.5) is 0 Å². The van der Waals surface area contributed by atoms with Gasteiger partial charge < -0.3 is 52.8 Å². The number of aliphatic hydroxyl groups excluding tert-OH is 1. The van der Waals surface area contributed by atoms with Crippen molar-refractivity contribution in [3.05, 3.63) is 41.5 Å². The van der Waals surface area contributed by atoms with Gasteiger partial charge in [0.1, 0.15) is 18.1 Å². The highest BCUT2D eigenvalue weighted by atomic mass is 16.7. The van der Waals surface area contributed by atoms with Gasteiger partial charge in [0.2, 0.25) is 12.5 Å². The van der Waals surface area contributed by atoms with Crippen LogP contribution in [-0.4, -0.2) is 103 Å². The number of aliphatic hydroxyl groups is 1. The average Bonchev–Trinajstić information content (AvgIpc) is 3.42. The van der Waals surface area contributed by atoms with Crippen LogP contribution in [0.3, 0.4) is 0 Å².